The molecule has 0 aliphatic heterocycles. The van der Waals surface area contributed by atoms with E-state index < -0.39 is 17.7 Å². The van der Waals surface area contributed by atoms with Crippen LogP contribution in [0.3, 0.4) is 0 Å². The molecular weight excluding hydrogens is 360 g/mol. The van der Waals surface area contributed by atoms with E-state index in [0.29, 0.717) is 10.7 Å². The molecule has 0 fully saturated rings. The van der Waals surface area contributed by atoms with Gasteiger partial charge in [0.05, 0.1) is 5.69 Å². The number of aromatic nitrogens is 4. The zero-order valence-corrected chi connectivity index (χ0v) is 15.7. The quantitative estimate of drug-likeness (QED) is 0.818. The lowest BCUT2D eigenvalue weighted by atomic mass is 10.1. The third kappa shape index (κ3) is 5.69. The van der Waals surface area contributed by atoms with Crippen LogP contribution < -0.4 is 10.6 Å². The normalized spacial score (nSPS) is 12.3. The Hall–Kier alpha value is -2.68. The minimum Gasteiger partial charge on any atom is -0.444 e. The molecule has 2 N–H and O–H groups in total. The molecule has 2 aromatic rings. The number of alkyl carbamates (subject to hydrolysis) is 1. The molecule has 0 bridgehead atoms. The molecule has 0 unspecified atom stereocenters. The van der Waals surface area contributed by atoms with Crippen LogP contribution in [0.4, 0.5) is 4.79 Å². The van der Waals surface area contributed by atoms with Crippen LogP contribution in [0.15, 0.2) is 24.5 Å². The summed E-state index contributed by atoms with van der Waals surface area (Å²) in [7, 11) is 0. The number of carbonyl (C=O) groups excluding carboxylic acids is 2. The second-order valence-corrected chi connectivity index (χ2v) is 7.05. The number of halogens is 1. The van der Waals surface area contributed by atoms with Crippen LogP contribution in [0.2, 0.25) is 5.02 Å². The van der Waals surface area contributed by atoms with Crippen molar-refractivity contribution in [2.75, 3.05) is 0 Å². The van der Waals surface area contributed by atoms with Gasteiger partial charge in [0.2, 0.25) is 5.91 Å². The van der Waals surface area contributed by atoms with Crippen molar-refractivity contribution in [2.45, 2.75) is 45.9 Å². The third-order valence-corrected chi connectivity index (χ3v) is 3.45. The van der Waals surface area contributed by atoms with Crippen molar-refractivity contribution in [1.82, 2.24) is 30.8 Å². The highest BCUT2D eigenvalue weighted by molar-refractivity contribution is 6.30. The molecule has 140 valence electrons. The lowest BCUT2D eigenvalue weighted by Gasteiger charge is -2.21. The first-order chi connectivity index (χ1) is 12.2. The molecule has 26 heavy (non-hydrogen) atoms. The minimum absolute atomic E-state index is 0.189. The molecule has 1 aromatic heterocycles. The Kier molecular flexibility index (Phi) is 6.14. The van der Waals surface area contributed by atoms with Gasteiger partial charge in [-0.2, -0.15) is 0 Å². The molecule has 9 nitrogen and oxygen atoms in total. The lowest BCUT2D eigenvalue weighted by molar-refractivity contribution is -0.122. The summed E-state index contributed by atoms with van der Waals surface area (Å²) in [5.74, 6) is -0.363. The van der Waals surface area contributed by atoms with Crippen molar-refractivity contribution >= 4 is 23.6 Å². The largest absolute Gasteiger partial charge is 0.444 e. The van der Waals surface area contributed by atoms with Gasteiger partial charge in [-0.3, -0.25) is 4.79 Å². The summed E-state index contributed by atoms with van der Waals surface area (Å²) in [6.07, 6.45) is 0.790. The van der Waals surface area contributed by atoms with Crippen molar-refractivity contribution in [3.05, 3.63) is 35.1 Å². The third-order valence-electron chi connectivity index (χ3n) is 3.22. The van der Waals surface area contributed by atoms with Gasteiger partial charge in [0.15, 0.2) is 0 Å². The Morgan fingerprint density at radius 2 is 2.08 bits per heavy atom. The topological polar surface area (TPSA) is 111 Å². The SMILES string of the molecule is C[C@H](NC(=O)OC(C)(C)C)C(=O)NCc1cc(Cl)ccc1-n1cnnn1. The molecule has 0 aliphatic rings. The van der Waals surface area contributed by atoms with Crippen LogP contribution in [0.1, 0.15) is 33.3 Å². The van der Waals surface area contributed by atoms with Gasteiger partial charge >= 0.3 is 6.09 Å². The van der Waals surface area contributed by atoms with Crippen molar-refractivity contribution in [3.8, 4) is 5.69 Å². The van der Waals surface area contributed by atoms with Gasteiger partial charge in [-0.15, -0.1) is 5.10 Å². The van der Waals surface area contributed by atoms with E-state index in [2.05, 4.69) is 26.2 Å². The summed E-state index contributed by atoms with van der Waals surface area (Å²) < 4.78 is 6.60. The molecule has 0 spiro atoms. The minimum atomic E-state index is -0.763. The fraction of sp³-hybridized carbons (Fsp3) is 0.438. The highest BCUT2D eigenvalue weighted by atomic mass is 35.5. The van der Waals surface area contributed by atoms with Crippen molar-refractivity contribution in [1.29, 1.82) is 0 Å². The number of nitrogens with zero attached hydrogens (tertiary/aromatic N) is 4. The fourth-order valence-electron chi connectivity index (χ4n) is 2.08. The van der Waals surface area contributed by atoms with E-state index in [1.807, 2.05) is 0 Å². The summed E-state index contributed by atoms with van der Waals surface area (Å²) in [4.78, 5) is 24.0. The van der Waals surface area contributed by atoms with Crippen LogP contribution in [-0.2, 0) is 16.1 Å². The maximum Gasteiger partial charge on any atom is 0.408 e. The summed E-state index contributed by atoms with van der Waals surface area (Å²) in [5, 5.41) is 16.8. The number of rotatable bonds is 5. The molecule has 10 heteroatoms. The molecule has 0 saturated heterocycles. The lowest BCUT2D eigenvalue weighted by Crippen LogP contribution is -2.46. The predicted molar refractivity (Wildman–Crippen MR) is 94.8 cm³/mol. The average molecular weight is 381 g/mol. The Morgan fingerprint density at radius 3 is 2.69 bits per heavy atom. The summed E-state index contributed by atoms with van der Waals surface area (Å²) in [5.41, 5.74) is 0.775. The number of carbonyl (C=O) groups is 2. The van der Waals surface area contributed by atoms with Gasteiger partial charge in [-0.05, 0) is 61.9 Å². The predicted octanol–water partition coefficient (Wildman–Crippen LogP) is 1.85. The van der Waals surface area contributed by atoms with E-state index in [9.17, 15) is 9.59 Å². The highest BCUT2D eigenvalue weighted by Gasteiger charge is 2.21. The monoisotopic (exact) mass is 380 g/mol. The van der Waals surface area contributed by atoms with E-state index in [-0.39, 0.29) is 12.5 Å². The Morgan fingerprint density at radius 1 is 1.35 bits per heavy atom. The number of amides is 2. The molecule has 2 amide bonds. The van der Waals surface area contributed by atoms with Crippen LogP contribution in [0, 0.1) is 0 Å². The van der Waals surface area contributed by atoms with Gasteiger partial charge in [-0.1, -0.05) is 11.6 Å². The van der Waals surface area contributed by atoms with Crippen molar-refractivity contribution in [2.24, 2.45) is 0 Å². The summed E-state index contributed by atoms with van der Waals surface area (Å²) in [6.45, 7) is 7.00. The maximum atomic E-state index is 12.2. The molecule has 0 radical (unpaired) electrons. The second kappa shape index (κ2) is 8.13. The molecular formula is C16H21ClN6O3. The first kappa shape index (κ1) is 19.6. The Bertz CT molecular complexity index is 773. The standard InChI is InChI=1S/C16H21ClN6O3/c1-10(20-15(25)26-16(2,3)4)14(24)18-8-11-7-12(17)5-6-13(11)23-9-19-21-22-23/h5-7,9-10H,8H2,1-4H3,(H,18,24)(H,20,25)/t10-/m0/s1. The zero-order valence-electron chi connectivity index (χ0n) is 15.0. The smallest absolute Gasteiger partial charge is 0.408 e. The van der Waals surface area contributed by atoms with Gasteiger partial charge in [0, 0.05) is 11.6 Å². The molecule has 1 heterocycles. The fourth-order valence-corrected chi connectivity index (χ4v) is 2.27. The van der Waals surface area contributed by atoms with E-state index in [4.69, 9.17) is 16.3 Å². The van der Waals surface area contributed by atoms with Gasteiger partial charge < -0.3 is 15.4 Å². The second-order valence-electron chi connectivity index (χ2n) is 6.61. The zero-order chi connectivity index (χ0) is 19.3. The maximum absolute atomic E-state index is 12.2. The summed E-state index contributed by atoms with van der Waals surface area (Å²) >= 11 is 6.04. The van der Waals surface area contributed by atoms with E-state index in [0.717, 1.165) is 5.56 Å². The Labute approximate surface area is 156 Å². The van der Waals surface area contributed by atoms with Crippen LogP contribution in [0.25, 0.3) is 5.69 Å². The van der Waals surface area contributed by atoms with Crippen molar-refractivity contribution < 1.29 is 14.3 Å². The molecule has 0 aliphatic carbocycles. The van der Waals surface area contributed by atoms with Gasteiger partial charge in [-0.25, -0.2) is 9.48 Å². The number of ether oxygens (including phenoxy) is 1. The van der Waals surface area contributed by atoms with Crippen LogP contribution in [-0.4, -0.2) is 43.9 Å². The Balaban J connectivity index is 1.99. The highest BCUT2D eigenvalue weighted by Crippen LogP contribution is 2.18. The number of hydrogen-bond donors (Lipinski definition) is 2. The molecule has 0 saturated carbocycles. The van der Waals surface area contributed by atoms with E-state index in [1.165, 1.54) is 11.0 Å². The van der Waals surface area contributed by atoms with Gasteiger partial charge in [0.1, 0.15) is 18.0 Å². The number of hydrogen-bond acceptors (Lipinski definition) is 6. The molecule has 1 aromatic carbocycles. The molecule has 1 atom stereocenters. The number of nitrogens with one attached hydrogen (secondary N) is 2. The average Bonchev–Trinajstić information content (AvgIpc) is 3.04. The van der Waals surface area contributed by atoms with E-state index >= 15 is 0 Å². The summed E-state index contributed by atoms with van der Waals surface area (Å²) in [6, 6.07) is 4.41. The first-order valence-electron chi connectivity index (χ1n) is 7.95. The molecule has 2 rings (SSSR count). The van der Waals surface area contributed by atoms with Crippen molar-refractivity contribution in [3.63, 3.8) is 0 Å². The van der Waals surface area contributed by atoms with Crippen LogP contribution >= 0.6 is 11.6 Å². The van der Waals surface area contributed by atoms with Crippen LogP contribution in [0.5, 0.6) is 0 Å². The first-order valence-corrected chi connectivity index (χ1v) is 8.32. The van der Waals surface area contributed by atoms with Gasteiger partial charge in [0.25, 0.3) is 0 Å². The number of benzene rings is 1. The number of tetrazole rings is 1. The van der Waals surface area contributed by atoms with E-state index in [1.54, 1.807) is 45.9 Å².